The molecule has 1 aliphatic heterocycles. The van der Waals surface area contributed by atoms with Crippen LogP contribution in [0.3, 0.4) is 0 Å². The second-order valence-corrected chi connectivity index (χ2v) is 9.12. The molecule has 1 fully saturated rings. The minimum absolute atomic E-state index is 0.0755. The van der Waals surface area contributed by atoms with E-state index in [1.165, 1.54) is 15.8 Å². The Bertz CT molecular complexity index is 1370. The summed E-state index contributed by atoms with van der Waals surface area (Å²) in [5.74, 6) is 0.364. The highest BCUT2D eigenvalue weighted by Crippen LogP contribution is 2.26. The van der Waals surface area contributed by atoms with Gasteiger partial charge in [0.05, 0.1) is 6.20 Å². The number of aryl methyl sites for hydroxylation is 2. The van der Waals surface area contributed by atoms with Crippen molar-refractivity contribution in [2.75, 3.05) is 19.6 Å². The number of carbonyl (C=O) groups excluding carboxylic acids is 1. The number of rotatable bonds is 6. The minimum Gasteiger partial charge on any atom is -0.354 e. The molecule has 2 aromatic heterocycles. The molecule has 5 rings (SSSR count). The molecule has 1 atom stereocenters. The normalized spacial score (nSPS) is 16.6. The number of nitrogens with one attached hydrogen (secondary N) is 1. The number of fused-ring (bicyclic) bond motifs is 3. The highest BCUT2D eigenvalue weighted by molar-refractivity contribution is 6.07. The summed E-state index contributed by atoms with van der Waals surface area (Å²) in [5.41, 5.74) is 3.80. The maximum absolute atomic E-state index is 12.9. The second kappa shape index (κ2) is 8.83. The molecule has 1 amide bonds. The summed E-state index contributed by atoms with van der Waals surface area (Å²) in [5, 5.41) is 8.99. The Labute approximate surface area is 192 Å². The van der Waals surface area contributed by atoms with E-state index >= 15 is 0 Å². The molecular formula is C26H29N5O2. The van der Waals surface area contributed by atoms with Gasteiger partial charge >= 0.3 is 0 Å². The number of likely N-dealkylation sites (tertiary alicyclic amines) is 1. The van der Waals surface area contributed by atoms with Crippen LogP contribution in [0.5, 0.6) is 0 Å². The molecule has 3 heterocycles. The largest absolute Gasteiger partial charge is 0.354 e. The Kier molecular flexibility index (Phi) is 5.72. The van der Waals surface area contributed by atoms with E-state index in [-0.39, 0.29) is 18.0 Å². The third-order valence-corrected chi connectivity index (χ3v) is 6.65. The Balaban J connectivity index is 1.25. The van der Waals surface area contributed by atoms with E-state index in [0.29, 0.717) is 18.0 Å². The van der Waals surface area contributed by atoms with Gasteiger partial charge in [0, 0.05) is 43.0 Å². The standard InChI is InChI=1S/C26H29N5O2/c1-18-7-9-19(10-8-18)15-30-12-11-20(16-30)13-27-24(32)17-31-23-6-4-3-5-21(23)22-14-28-29(2)26(33)25(22)31/h3-10,14,20H,11-13,15-17H2,1-2H3,(H,27,32)/t20-/m1/s1. The fourth-order valence-electron chi connectivity index (χ4n) is 4.84. The zero-order chi connectivity index (χ0) is 22.9. The molecule has 1 aliphatic rings. The third-order valence-electron chi connectivity index (χ3n) is 6.65. The Hall–Kier alpha value is -3.45. The molecule has 1 saturated heterocycles. The van der Waals surface area contributed by atoms with Crippen LogP contribution in [0.25, 0.3) is 21.8 Å². The number of amides is 1. The first-order valence-electron chi connectivity index (χ1n) is 11.5. The Morgan fingerprint density at radius 2 is 1.91 bits per heavy atom. The van der Waals surface area contributed by atoms with Crippen molar-refractivity contribution in [1.29, 1.82) is 0 Å². The van der Waals surface area contributed by atoms with Gasteiger partial charge in [0.1, 0.15) is 12.1 Å². The first-order chi connectivity index (χ1) is 16.0. The van der Waals surface area contributed by atoms with Gasteiger partial charge in [-0.25, -0.2) is 4.68 Å². The molecule has 2 aromatic carbocycles. The van der Waals surface area contributed by atoms with E-state index in [9.17, 15) is 9.59 Å². The number of benzene rings is 2. The van der Waals surface area contributed by atoms with Crippen LogP contribution in [0.4, 0.5) is 0 Å². The highest BCUT2D eigenvalue weighted by atomic mass is 16.2. The average Bonchev–Trinajstić information content (AvgIpc) is 3.39. The first kappa shape index (κ1) is 21.4. The summed E-state index contributed by atoms with van der Waals surface area (Å²) in [6.07, 6.45) is 2.78. The van der Waals surface area contributed by atoms with Gasteiger partial charge in [-0.1, -0.05) is 48.0 Å². The summed E-state index contributed by atoms with van der Waals surface area (Å²) < 4.78 is 3.14. The van der Waals surface area contributed by atoms with E-state index in [1.807, 2.05) is 28.8 Å². The molecule has 0 spiro atoms. The summed E-state index contributed by atoms with van der Waals surface area (Å²) >= 11 is 0. The number of aromatic nitrogens is 3. The lowest BCUT2D eigenvalue weighted by Crippen LogP contribution is -2.33. The van der Waals surface area contributed by atoms with Crippen LogP contribution in [0.2, 0.25) is 0 Å². The van der Waals surface area contributed by atoms with Gasteiger partial charge in [0.25, 0.3) is 5.56 Å². The average molecular weight is 444 g/mol. The molecule has 4 aromatic rings. The lowest BCUT2D eigenvalue weighted by molar-refractivity contribution is -0.121. The molecule has 7 nitrogen and oxygen atoms in total. The molecule has 0 radical (unpaired) electrons. The van der Waals surface area contributed by atoms with Crippen molar-refractivity contribution in [3.8, 4) is 0 Å². The van der Waals surface area contributed by atoms with Crippen LogP contribution in [0.15, 0.2) is 59.5 Å². The molecule has 0 bridgehead atoms. The van der Waals surface area contributed by atoms with Crippen molar-refractivity contribution in [2.24, 2.45) is 13.0 Å². The molecule has 33 heavy (non-hydrogen) atoms. The lowest BCUT2D eigenvalue weighted by Gasteiger charge is -2.17. The SMILES string of the molecule is Cc1ccc(CN2CC[C@H](CNC(=O)Cn3c4ccccc4c4cnn(C)c(=O)c43)C2)cc1. The number of hydrogen-bond acceptors (Lipinski definition) is 4. The zero-order valence-electron chi connectivity index (χ0n) is 19.1. The quantitative estimate of drug-likeness (QED) is 0.497. The van der Waals surface area contributed by atoms with Crippen molar-refractivity contribution in [1.82, 2.24) is 24.6 Å². The first-order valence-corrected chi connectivity index (χ1v) is 11.5. The van der Waals surface area contributed by atoms with Crippen molar-refractivity contribution in [3.05, 3.63) is 76.2 Å². The molecule has 170 valence electrons. The number of para-hydroxylation sites is 1. The summed E-state index contributed by atoms with van der Waals surface area (Å²) in [4.78, 5) is 28.1. The van der Waals surface area contributed by atoms with Crippen LogP contribution >= 0.6 is 0 Å². The van der Waals surface area contributed by atoms with Gasteiger partial charge in [-0.3, -0.25) is 14.5 Å². The smallest absolute Gasteiger partial charge is 0.291 e. The van der Waals surface area contributed by atoms with Gasteiger partial charge in [-0.05, 0) is 37.4 Å². The van der Waals surface area contributed by atoms with Crippen molar-refractivity contribution in [2.45, 2.75) is 26.4 Å². The molecule has 0 unspecified atom stereocenters. The lowest BCUT2D eigenvalue weighted by atomic mass is 10.1. The number of hydrogen-bond donors (Lipinski definition) is 1. The van der Waals surface area contributed by atoms with E-state index in [2.05, 4.69) is 46.5 Å². The predicted molar refractivity (Wildman–Crippen MR) is 130 cm³/mol. The third kappa shape index (κ3) is 4.28. The number of carbonyl (C=O) groups is 1. The van der Waals surface area contributed by atoms with Gasteiger partial charge in [0.2, 0.25) is 5.91 Å². The van der Waals surface area contributed by atoms with Crippen LogP contribution < -0.4 is 10.9 Å². The Morgan fingerprint density at radius 3 is 2.73 bits per heavy atom. The van der Waals surface area contributed by atoms with Gasteiger partial charge in [-0.2, -0.15) is 5.10 Å². The van der Waals surface area contributed by atoms with E-state index in [0.717, 1.165) is 42.3 Å². The van der Waals surface area contributed by atoms with E-state index in [4.69, 9.17) is 0 Å². The van der Waals surface area contributed by atoms with E-state index in [1.54, 1.807) is 13.2 Å². The predicted octanol–water partition coefficient (Wildman–Crippen LogP) is 2.83. The maximum atomic E-state index is 12.9. The van der Waals surface area contributed by atoms with Gasteiger partial charge in [0.15, 0.2) is 0 Å². The molecule has 1 N–H and O–H groups in total. The maximum Gasteiger partial charge on any atom is 0.291 e. The van der Waals surface area contributed by atoms with Crippen LogP contribution in [-0.4, -0.2) is 44.8 Å². The summed E-state index contributed by atoms with van der Waals surface area (Å²) in [6, 6.07) is 16.5. The van der Waals surface area contributed by atoms with Crippen LogP contribution in [0, 0.1) is 12.8 Å². The fourth-order valence-corrected chi connectivity index (χ4v) is 4.84. The van der Waals surface area contributed by atoms with Gasteiger partial charge < -0.3 is 9.88 Å². The van der Waals surface area contributed by atoms with Gasteiger partial charge in [-0.15, -0.1) is 0 Å². The van der Waals surface area contributed by atoms with Crippen molar-refractivity contribution < 1.29 is 4.79 Å². The number of nitrogens with zero attached hydrogens (tertiary/aromatic N) is 4. The van der Waals surface area contributed by atoms with Crippen molar-refractivity contribution in [3.63, 3.8) is 0 Å². The topological polar surface area (TPSA) is 72.2 Å². The monoisotopic (exact) mass is 443 g/mol. The Morgan fingerprint density at radius 1 is 1.12 bits per heavy atom. The molecule has 7 heteroatoms. The summed E-state index contributed by atoms with van der Waals surface area (Å²) in [6.45, 7) is 5.85. The van der Waals surface area contributed by atoms with Crippen LogP contribution in [0.1, 0.15) is 17.5 Å². The molecular weight excluding hydrogens is 414 g/mol. The zero-order valence-corrected chi connectivity index (χ0v) is 19.1. The minimum atomic E-state index is -0.195. The van der Waals surface area contributed by atoms with E-state index < -0.39 is 0 Å². The highest BCUT2D eigenvalue weighted by Gasteiger charge is 2.23. The molecule has 0 saturated carbocycles. The second-order valence-electron chi connectivity index (χ2n) is 9.12. The summed E-state index contributed by atoms with van der Waals surface area (Å²) in [7, 11) is 1.63. The van der Waals surface area contributed by atoms with Crippen LogP contribution in [-0.2, 0) is 24.9 Å². The van der Waals surface area contributed by atoms with Crippen molar-refractivity contribution >= 4 is 27.7 Å². The molecule has 0 aliphatic carbocycles. The fraction of sp³-hybridized carbons (Fsp3) is 0.346.